The fraction of sp³-hybridized carbons (Fsp3) is 0.409. The number of amides is 2. The topological polar surface area (TPSA) is 32.3 Å². The second-order valence-corrected chi connectivity index (χ2v) is 8.08. The predicted octanol–water partition coefficient (Wildman–Crippen LogP) is 4.99. The summed E-state index contributed by atoms with van der Waals surface area (Å²) in [4.78, 5) is 14.7. The number of carbonyl (C=O) groups is 1. The van der Waals surface area contributed by atoms with Gasteiger partial charge in [0, 0.05) is 18.1 Å². The number of rotatable bonds is 4. The lowest BCUT2D eigenvalue weighted by Crippen LogP contribution is -2.48. The number of halogens is 1. The summed E-state index contributed by atoms with van der Waals surface area (Å²) >= 11 is 5.99. The standard InChI is InChI=1S/C22H25ClN2O/c23-20-8-6-19(7-9-20)22(12-13-22)24-21(26)25-14-10-18(11-15-25)16-17-4-2-1-3-5-17/h1-9,18H,10-16H2,(H,24,26). The highest BCUT2D eigenvalue weighted by atomic mass is 35.5. The number of urea groups is 1. The molecule has 2 amide bonds. The van der Waals surface area contributed by atoms with Gasteiger partial charge in [-0.25, -0.2) is 4.79 Å². The highest BCUT2D eigenvalue weighted by Gasteiger charge is 2.46. The molecule has 0 unspecified atom stereocenters. The zero-order chi connectivity index (χ0) is 18.0. The largest absolute Gasteiger partial charge is 0.328 e. The van der Waals surface area contributed by atoms with Crippen molar-refractivity contribution in [1.29, 1.82) is 0 Å². The minimum atomic E-state index is -0.178. The first-order valence-electron chi connectivity index (χ1n) is 9.52. The van der Waals surface area contributed by atoms with Gasteiger partial charge in [-0.2, -0.15) is 0 Å². The van der Waals surface area contributed by atoms with Crippen molar-refractivity contribution in [2.75, 3.05) is 13.1 Å². The Morgan fingerprint density at radius 3 is 2.31 bits per heavy atom. The van der Waals surface area contributed by atoms with Crippen molar-refractivity contribution in [3.8, 4) is 0 Å². The van der Waals surface area contributed by atoms with E-state index in [9.17, 15) is 4.79 Å². The number of nitrogens with zero attached hydrogens (tertiary/aromatic N) is 1. The SMILES string of the molecule is O=C(NC1(c2ccc(Cl)cc2)CC1)N1CCC(Cc2ccccc2)CC1. The Bertz CT molecular complexity index is 747. The van der Waals surface area contributed by atoms with E-state index in [0.29, 0.717) is 5.92 Å². The summed E-state index contributed by atoms with van der Waals surface area (Å²) in [6.45, 7) is 1.69. The molecule has 2 aromatic rings. The number of nitrogens with one attached hydrogen (secondary N) is 1. The maximum absolute atomic E-state index is 12.7. The van der Waals surface area contributed by atoms with Crippen LogP contribution in [-0.2, 0) is 12.0 Å². The van der Waals surface area contributed by atoms with Gasteiger partial charge in [-0.15, -0.1) is 0 Å². The Hall–Kier alpha value is -2.00. The maximum Gasteiger partial charge on any atom is 0.318 e. The molecule has 2 aliphatic rings. The molecule has 1 heterocycles. The quantitative estimate of drug-likeness (QED) is 0.809. The second kappa shape index (κ2) is 7.32. The van der Waals surface area contributed by atoms with E-state index in [1.165, 1.54) is 5.56 Å². The van der Waals surface area contributed by atoms with Gasteiger partial charge in [0.1, 0.15) is 0 Å². The molecule has 4 rings (SSSR count). The molecule has 0 atom stereocenters. The summed E-state index contributed by atoms with van der Waals surface area (Å²) in [5.41, 5.74) is 2.38. The van der Waals surface area contributed by atoms with Crippen LogP contribution < -0.4 is 5.32 Å². The van der Waals surface area contributed by atoms with Gasteiger partial charge in [0.15, 0.2) is 0 Å². The van der Waals surface area contributed by atoms with E-state index in [1.54, 1.807) is 0 Å². The maximum atomic E-state index is 12.7. The van der Waals surface area contributed by atoms with Crippen molar-refractivity contribution < 1.29 is 4.79 Å². The number of likely N-dealkylation sites (tertiary alicyclic amines) is 1. The van der Waals surface area contributed by atoms with Crippen molar-refractivity contribution >= 4 is 17.6 Å². The van der Waals surface area contributed by atoms with Crippen molar-refractivity contribution in [1.82, 2.24) is 10.2 Å². The van der Waals surface area contributed by atoms with Crippen LogP contribution >= 0.6 is 11.6 Å². The summed E-state index contributed by atoms with van der Waals surface area (Å²) in [6, 6.07) is 18.6. The van der Waals surface area contributed by atoms with Gasteiger partial charge in [-0.3, -0.25) is 0 Å². The summed E-state index contributed by atoms with van der Waals surface area (Å²) < 4.78 is 0. The van der Waals surface area contributed by atoms with E-state index >= 15 is 0 Å². The molecule has 1 saturated heterocycles. The first-order valence-corrected chi connectivity index (χ1v) is 9.89. The molecule has 0 aromatic heterocycles. The summed E-state index contributed by atoms with van der Waals surface area (Å²) in [5, 5.41) is 4.01. The molecule has 0 bridgehead atoms. The van der Waals surface area contributed by atoms with Gasteiger partial charge in [0.25, 0.3) is 0 Å². The second-order valence-electron chi connectivity index (χ2n) is 7.64. The van der Waals surface area contributed by atoms with Gasteiger partial charge in [-0.1, -0.05) is 54.1 Å². The zero-order valence-electron chi connectivity index (χ0n) is 15.0. The van der Waals surface area contributed by atoms with Crippen molar-refractivity contribution in [2.45, 2.75) is 37.6 Å². The summed E-state index contributed by atoms with van der Waals surface area (Å²) in [5.74, 6) is 0.674. The Kier molecular flexibility index (Phi) is 4.90. The highest BCUT2D eigenvalue weighted by molar-refractivity contribution is 6.30. The minimum Gasteiger partial charge on any atom is -0.328 e. The average molecular weight is 369 g/mol. The van der Waals surface area contributed by atoms with E-state index in [2.05, 4.69) is 35.6 Å². The molecule has 1 aliphatic heterocycles. The molecule has 2 aromatic carbocycles. The van der Waals surface area contributed by atoms with Gasteiger partial charge >= 0.3 is 6.03 Å². The molecule has 2 fully saturated rings. The van der Waals surface area contributed by atoms with Crippen molar-refractivity contribution in [3.63, 3.8) is 0 Å². The molecule has 0 radical (unpaired) electrons. The smallest absolute Gasteiger partial charge is 0.318 e. The first kappa shape index (κ1) is 17.4. The molecule has 4 heteroatoms. The van der Waals surface area contributed by atoms with E-state index in [4.69, 9.17) is 11.6 Å². The van der Waals surface area contributed by atoms with Crippen LogP contribution in [0.15, 0.2) is 54.6 Å². The Labute approximate surface area is 160 Å². The lowest BCUT2D eigenvalue weighted by Gasteiger charge is -2.33. The highest BCUT2D eigenvalue weighted by Crippen LogP contribution is 2.45. The monoisotopic (exact) mass is 368 g/mol. The third-order valence-corrected chi connectivity index (χ3v) is 6.01. The molecule has 26 heavy (non-hydrogen) atoms. The number of benzene rings is 2. The van der Waals surface area contributed by atoms with Crippen molar-refractivity contribution in [2.24, 2.45) is 5.92 Å². The van der Waals surface area contributed by atoms with Crippen LogP contribution in [0.2, 0.25) is 5.02 Å². The average Bonchev–Trinajstić information content (AvgIpc) is 3.44. The Morgan fingerprint density at radius 1 is 1.04 bits per heavy atom. The lowest BCUT2D eigenvalue weighted by molar-refractivity contribution is 0.166. The van der Waals surface area contributed by atoms with Crippen molar-refractivity contribution in [3.05, 3.63) is 70.7 Å². The molecular weight excluding hydrogens is 344 g/mol. The molecule has 1 N–H and O–H groups in total. The third-order valence-electron chi connectivity index (χ3n) is 5.76. The van der Waals surface area contributed by atoms with Crippen LogP contribution in [-0.4, -0.2) is 24.0 Å². The van der Waals surface area contributed by atoms with Crippen LogP contribution in [0.4, 0.5) is 4.79 Å². The van der Waals surface area contributed by atoms with Gasteiger partial charge in [-0.05, 0) is 61.3 Å². The zero-order valence-corrected chi connectivity index (χ0v) is 15.7. The summed E-state index contributed by atoms with van der Waals surface area (Å²) in [7, 11) is 0. The molecule has 136 valence electrons. The molecule has 0 spiro atoms. The fourth-order valence-corrected chi connectivity index (χ4v) is 4.08. The van der Waals surface area contributed by atoms with Crippen LogP contribution in [0.25, 0.3) is 0 Å². The number of piperidine rings is 1. The first-order chi connectivity index (χ1) is 12.6. The van der Waals surface area contributed by atoms with E-state index in [-0.39, 0.29) is 11.6 Å². The van der Waals surface area contributed by atoms with Crippen LogP contribution in [0.3, 0.4) is 0 Å². The van der Waals surface area contributed by atoms with Crippen LogP contribution in [0.5, 0.6) is 0 Å². The molecule has 1 saturated carbocycles. The van der Waals surface area contributed by atoms with Gasteiger partial charge in [0.2, 0.25) is 0 Å². The Morgan fingerprint density at radius 2 is 1.69 bits per heavy atom. The molecular formula is C22H25ClN2O. The summed E-state index contributed by atoms with van der Waals surface area (Å²) in [6.07, 6.45) is 5.28. The van der Waals surface area contributed by atoms with Crippen LogP contribution in [0.1, 0.15) is 36.8 Å². The van der Waals surface area contributed by atoms with E-state index in [0.717, 1.165) is 55.8 Å². The Balaban J connectivity index is 1.30. The number of hydrogen-bond acceptors (Lipinski definition) is 1. The van der Waals surface area contributed by atoms with E-state index in [1.807, 2.05) is 29.2 Å². The minimum absolute atomic E-state index is 0.0793. The molecule has 1 aliphatic carbocycles. The fourth-order valence-electron chi connectivity index (χ4n) is 3.95. The van der Waals surface area contributed by atoms with Gasteiger partial charge in [0.05, 0.1) is 5.54 Å². The normalized spacial score (nSPS) is 19.2. The predicted molar refractivity (Wildman–Crippen MR) is 105 cm³/mol. The number of hydrogen-bond donors (Lipinski definition) is 1. The van der Waals surface area contributed by atoms with E-state index < -0.39 is 0 Å². The lowest BCUT2D eigenvalue weighted by atomic mass is 9.90. The van der Waals surface area contributed by atoms with Crippen LogP contribution in [0, 0.1) is 5.92 Å². The molecule has 3 nitrogen and oxygen atoms in total. The number of carbonyl (C=O) groups excluding carboxylic acids is 1. The van der Waals surface area contributed by atoms with Gasteiger partial charge < -0.3 is 10.2 Å². The third kappa shape index (κ3) is 3.88.